The van der Waals surface area contributed by atoms with E-state index in [1.54, 1.807) is 11.3 Å². The Bertz CT molecular complexity index is 526. The second-order valence-corrected chi connectivity index (χ2v) is 6.27. The van der Waals surface area contributed by atoms with E-state index in [1.165, 1.54) is 4.88 Å². The minimum atomic E-state index is 0.351. The Morgan fingerprint density at radius 3 is 2.72 bits per heavy atom. The maximum absolute atomic E-state index is 5.91. The molecule has 0 spiro atoms. The van der Waals surface area contributed by atoms with Crippen LogP contribution in [0.1, 0.15) is 42.4 Å². The number of nitrogens with zero attached hydrogens (tertiary/aromatic N) is 2. The Labute approximate surface area is 110 Å². The van der Waals surface area contributed by atoms with Crippen LogP contribution < -0.4 is 5.73 Å². The van der Waals surface area contributed by atoms with E-state index in [1.807, 2.05) is 6.07 Å². The van der Waals surface area contributed by atoms with Gasteiger partial charge in [0, 0.05) is 16.8 Å². The predicted octanol–water partition coefficient (Wildman–Crippen LogP) is 3.09. The Hall–Kier alpha value is -1.20. The highest BCUT2D eigenvalue weighted by molar-refractivity contribution is 7.15. The Balaban J connectivity index is 1.77. The van der Waals surface area contributed by atoms with Gasteiger partial charge in [-0.2, -0.15) is 4.98 Å². The molecule has 0 unspecified atom stereocenters. The third-order valence-corrected chi connectivity index (χ3v) is 4.52. The highest BCUT2D eigenvalue weighted by Gasteiger charge is 2.25. The highest BCUT2D eigenvalue weighted by Crippen LogP contribution is 2.33. The van der Waals surface area contributed by atoms with E-state index in [4.69, 9.17) is 10.3 Å². The van der Waals surface area contributed by atoms with Crippen molar-refractivity contribution < 1.29 is 4.52 Å². The Kier molecular flexibility index (Phi) is 3.18. The van der Waals surface area contributed by atoms with Crippen molar-refractivity contribution in [2.24, 2.45) is 5.73 Å². The molecule has 2 aromatic rings. The summed E-state index contributed by atoms with van der Waals surface area (Å²) >= 11 is 1.70. The van der Waals surface area contributed by atoms with Crippen LogP contribution in [0.15, 0.2) is 16.7 Å². The summed E-state index contributed by atoms with van der Waals surface area (Å²) < 4.78 is 5.41. The number of hydrogen-bond donors (Lipinski definition) is 1. The molecule has 2 heterocycles. The van der Waals surface area contributed by atoms with Crippen molar-refractivity contribution >= 4 is 11.3 Å². The minimum absolute atomic E-state index is 0.351. The zero-order chi connectivity index (χ0) is 12.5. The highest BCUT2D eigenvalue weighted by atomic mass is 32.1. The van der Waals surface area contributed by atoms with Crippen LogP contribution in [0.4, 0.5) is 0 Å². The van der Waals surface area contributed by atoms with E-state index >= 15 is 0 Å². The van der Waals surface area contributed by atoms with Crippen LogP contribution in [0.5, 0.6) is 0 Å². The lowest BCUT2D eigenvalue weighted by molar-refractivity contribution is 0.301. The van der Waals surface area contributed by atoms with Crippen molar-refractivity contribution in [3.8, 4) is 10.7 Å². The standard InChI is InChI=1S/C13H17N3OS/c1-8-2-7-11(18-8)12-15-13(17-16-12)9-3-5-10(14)6-4-9/h2,7,9-10H,3-6,14H2,1H3. The summed E-state index contributed by atoms with van der Waals surface area (Å²) in [7, 11) is 0. The number of hydrogen-bond acceptors (Lipinski definition) is 5. The first-order chi connectivity index (χ1) is 8.72. The summed E-state index contributed by atoms with van der Waals surface area (Å²) in [5.41, 5.74) is 5.91. The lowest BCUT2D eigenvalue weighted by Gasteiger charge is -2.22. The number of aryl methyl sites for hydroxylation is 1. The molecule has 1 fully saturated rings. The SMILES string of the molecule is Cc1ccc(-c2noc(C3CCC(N)CC3)n2)s1. The van der Waals surface area contributed by atoms with E-state index in [9.17, 15) is 0 Å². The average molecular weight is 263 g/mol. The van der Waals surface area contributed by atoms with Crippen LogP contribution >= 0.6 is 11.3 Å². The molecule has 0 atom stereocenters. The number of thiophene rings is 1. The van der Waals surface area contributed by atoms with Gasteiger partial charge in [0.25, 0.3) is 0 Å². The fourth-order valence-electron chi connectivity index (χ4n) is 2.42. The second kappa shape index (κ2) is 4.82. The van der Waals surface area contributed by atoms with E-state index in [2.05, 4.69) is 23.1 Å². The van der Waals surface area contributed by atoms with Gasteiger partial charge in [-0.05, 0) is 44.7 Å². The van der Waals surface area contributed by atoms with Crippen molar-refractivity contribution in [3.05, 3.63) is 22.9 Å². The molecule has 0 bridgehead atoms. The summed E-state index contributed by atoms with van der Waals surface area (Å²) in [6, 6.07) is 4.48. The van der Waals surface area contributed by atoms with Crippen molar-refractivity contribution in [2.45, 2.75) is 44.6 Å². The van der Waals surface area contributed by atoms with Gasteiger partial charge in [0.2, 0.25) is 11.7 Å². The van der Waals surface area contributed by atoms with Gasteiger partial charge in [0.15, 0.2) is 0 Å². The monoisotopic (exact) mass is 263 g/mol. The zero-order valence-corrected chi connectivity index (χ0v) is 11.2. The molecule has 0 radical (unpaired) electrons. The van der Waals surface area contributed by atoms with Crippen LogP contribution in [-0.2, 0) is 0 Å². The molecule has 1 aliphatic carbocycles. The van der Waals surface area contributed by atoms with E-state index < -0.39 is 0 Å². The average Bonchev–Trinajstić information content (AvgIpc) is 2.98. The normalized spacial score (nSPS) is 24.3. The Morgan fingerprint density at radius 1 is 1.28 bits per heavy atom. The molecule has 5 heteroatoms. The van der Waals surface area contributed by atoms with E-state index in [0.717, 1.165) is 42.3 Å². The van der Waals surface area contributed by atoms with Gasteiger partial charge in [-0.3, -0.25) is 0 Å². The zero-order valence-electron chi connectivity index (χ0n) is 10.4. The third-order valence-electron chi connectivity index (χ3n) is 3.52. The fourth-order valence-corrected chi connectivity index (χ4v) is 3.22. The molecule has 4 nitrogen and oxygen atoms in total. The number of nitrogens with two attached hydrogens (primary N) is 1. The predicted molar refractivity (Wildman–Crippen MR) is 71.5 cm³/mol. The summed E-state index contributed by atoms with van der Waals surface area (Å²) in [4.78, 5) is 6.88. The third kappa shape index (κ3) is 2.33. The van der Waals surface area contributed by atoms with Crippen LogP contribution in [0.25, 0.3) is 10.7 Å². The molecule has 1 aliphatic rings. The first kappa shape index (κ1) is 11.9. The van der Waals surface area contributed by atoms with Gasteiger partial charge in [-0.1, -0.05) is 5.16 Å². The molecule has 3 rings (SSSR count). The second-order valence-electron chi connectivity index (χ2n) is 4.98. The summed E-state index contributed by atoms with van der Waals surface area (Å²) in [6.45, 7) is 2.08. The molecule has 1 saturated carbocycles. The van der Waals surface area contributed by atoms with Crippen LogP contribution in [0.2, 0.25) is 0 Å². The molecular formula is C13H17N3OS. The fraction of sp³-hybridized carbons (Fsp3) is 0.538. The molecule has 0 saturated heterocycles. The largest absolute Gasteiger partial charge is 0.339 e. The molecule has 2 aromatic heterocycles. The summed E-state index contributed by atoms with van der Waals surface area (Å²) in [5, 5.41) is 4.09. The van der Waals surface area contributed by atoms with Gasteiger partial charge in [-0.25, -0.2) is 0 Å². The molecule has 0 aromatic carbocycles. The van der Waals surface area contributed by atoms with Gasteiger partial charge in [0.1, 0.15) is 0 Å². The number of rotatable bonds is 2. The quantitative estimate of drug-likeness (QED) is 0.904. The van der Waals surface area contributed by atoms with Crippen molar-refractivity contribution in [2.75, 3.05) is 0 Å². The summed E-state index contributed by atoms with van der Waals surface area (Å²) in [6.07, 6.45) is 4.24. The molecule has 0 amide bonds. The maximum atomic E-state index is 5.91. The minimum Gasteiger partial charge on any atom is -0.339 e. The first-order valence-electron chi connectivity index (χ1n) is 6.38. The van der Waals surface area contributed by atoms with E-state index in [-0.39, 0.29) is 0 Å². The van der Waals surface area contributed by atoms with E-state index in [0.29, 0.717) is 12.0 Å². The Morgan fingerprint density at radius 2 is 2.06 bits per heavy atom. The molecule has 0 aliphatic heterocycles. The van der Waals surface area contributed by atoms with Crippen molar-refractivity contribution in [3.63, 3.8) is 0 Å². The molecule has 18 heavy (non-hydrogen) atoms. The molecule has 96 valence electrons. The maximum Gasteiger partial charge on any atom is 0.230 e. The van der Waals surface area contributed by atoms with Crippen LogP contribution in [0, 0.1) is 6.92 Å². The van der Waals surface area contributed by atoms with Crippen molar-refractivity contribution in [1.82, 2.24) is 10.1 Å². The van der Waals surface area contributed by atoms with Gasteiger partial charge < -0.3 is 10.3 Å². The van der Waals surface area contributed by atoms with Crippen molar-refractivity contribution in [1.29, 1.82) is 0 Å². The molecule has 2 N–H and O–H groups in total. The van der Waals surface area contributed by atoms with Gasteiger partial charge >= 0.3 is 0 Å². The first-order valence-corrected chi connectivity index (χ1v) is 7.20. The lowest BCUT2D eigenvalue weighted by atomic mass is 9.86. The topological polar surface area (TPSA) is 64.9 Å². The van der Waals surface area contributed by atoms with Crippen LogP contribution in [-0.4, -0.2) is 16.2 Å². The summed E-state index contributed by atoms with van der Waals surface area (Å²) in [5.74, 6) is 1.90. The smallest absolute Gasteiger partial charge is 0.230 e. The number of aromatic nitrogens is 2. The van der Waals surface area contributed by atoms with Gasteiger partial charge in [-0.15, -0.1) is 11.3 Å². The van der Waals surface area contributed by atoms with Gasteiger partial charge in [0.05, 0.1) is 4.88 Å². The lowest BCUT2D eigenvalue weighted by Crippen LogP contribution is -2.25. The molecular weight excluding hydrogens is 246 g/mol. The van der Waals surface area contributed by atoms with Crippen LogP contribution in [0.3, 0.4) is 0 Å².